The third-order valence-corrected chi connectivity index (χ3v) is 4.17. The number of nitrogens with zero attached hydrogens (tertiary/aromatic N) is 2. The summed E-state index contributed by atoms with van der Waals surface area (Å²) in [6.07, 6.45) is 0. The number of methoxy groups -OCH3 is 2. The van der Waals surface area contributed by atoms with E-state index in [2.05, 4.69) is 0 Å². The van der Waals surface area contributed by atoms with Gasteiger partial charge in [-0.1, -0.05) is 6.07 Å². The summed E-state index contributed by atoms with van der Waals surface area (Å²) in [4.78, 5) is 24.9. The third kappa shape index (κ3) is 4.91. The van der Waals surface area contributed by atoms with E-state index in [9.17, 15) is 14.9 Å². The molecule has 0 N–H and O–H groups in total. The number of hydrogen-bond acceptors (Lipinski definition) is 6. The molecular weight excluding hydrogens is 364 g/mol. The molecule has 8 nitrogen and oxygen atoms in total. The predicted octanol–water partition coefficient (Wildman–Crippen LogP) is 3.38. The normalized spacial score (nSPS) is 10.3. The number of hydrogen-bond donors (Lipinski definition) is 0. The summed E-state index contributed by atoms with van der Waals surface area (Å²) in [6.45, 7) is 4.47. The van der Waals surface area contributed by atoms with E-state index in [1.54, 1.807) is 7.05 Å². The van der Waals surface area contributed by atoms with Crippen LogP contribution in [0.5, 0.6) is 17.2 Å². The summed E-state index contributed by atoms with van der Waals surface area (Å²) in [5, 5.41) is 11.4. The Hall–Kier alpha value is -3.29. The van der Waals surface area contributed by atoms with Gasteiger partial charge in [-0.05, 0) is 37.1 Å². The molecule has 0 aliphatic heterocycles. The molecule has 0 saturated carbocycles. The van der Waals surface area contributed by atoms with Crippen molar-refractivity contribution in [2.75, 3.05) is 34.4 Å². The monoisotopic (exact) mass is 388 g/mol. The molecule has 28 heavy (non-hydrogen) atoms. The summed E-state index contributed by atoms with van der Waals surface area (Å²) in [5.41, 5.74) is 1.75. The van der Waals surface area contributed by atoms with E-state index < -0.39 is 10.8 Å². The van der Waals surface area contributed by atoms with Crippen LogP contribution in [0, 0.1) is 24.0 Å². The number of carbonyl (C=O) groups excluding carboxylic acids is 1. The fourth-order valence-corrected chi connectivity index (χ4v) is 2.81. The highest BCUT2D eigenvalue weighted by Gasteiger charge is 2.26. The average Bonchev–Trinajstić information content (AvgIpc) is 2.65. The fraction of sp³-hybridized carbons (Fsp3) is 0.350. The smallest absolute Gasteiger partial charge is 0.286 e. The minimum Gasteiger partial charge on any atom is -0.493 e. The molecule has 0 spiro atoms. The Kier molecular flexibility index (Phi) is 6.81. The van der Waals surface area contributed by atoms with Gasteiger partial charge in [-0.2, -0.15) is 0 Å². The first-order valence-corrected chi connectivity index (χ1v) is 8.63. The lowest BCUT2D eigenvalue weighted by Gasteiger charge is -2.18. The molecular formula is C20H24N2O6. The summed E-state index contributed by atoms with van der Waals surface area (Å²) >= 11 is 0. The number of amides is 1. The Labute approximate surface area is 163 Å². The van der Waals surface area contributed by atoms with Gasteiger partial charge in [0.15, 0.2) is 11.5 Å². The second-order valence-corrected chi connectivity index (χ2v) is 6.38. The van der Waals surface area contributed by atoms with E-state index in [4.69, 9.17) is 14.2 Å². The number of carbonyl (C=O) groups is 1. The molecule has 0 aliphatic rings. The highest BCUT2D eigenvalue weighted by atomic mass is 16.6. The minimum atomic E-state index is -0.616. The van der Waals surface area contributed by atoms with Gasteiger partial charge >= 0.3 is 0 Å². The molecule has 0 aliphatic carbocycles. The number of nitro groups is 1. The molecule has 0 saturated heterocycles. The molecule has 0 radical (unpaired) electrons. The highest BCUT2D eigenvalue weighted by Crippen LogP contribution is 2.35. The number of rotatable bonds is 8. The summed E-state index contributed by atoms with van der Waals surface area (Å²) in [7, 11) is 4.34. The molecule has 0 unspecified atom stereocenters. The van der Waals surface area contributed by atoms with Gasteiger partial charge in [0, 0.05) is 13.1 Å². The van der Waals surface area contributed by atoms with Crippen molar-refractivity contribution in [3.8, 4) is 17.2 Å². The van der Waals surface area contributed by atoms with Crippen LogP contribution in [-0.2, 0) is 0 Å². The standard InChI is InChI=1S/C20H24N2O6/c1-13-8-14(2)10-15(9-13)28-7-6-21(3)20(23)16-11-18(26-4)19(27-5)12-17(16)22(24)25/h8-12H,6-7H2,1-5H3. The van der Waals surface area contributed by atoms with E-state index >= 15 is 0 Å². The summed E-state index contributed by atoms with van der Waals surface area (Å²) in [5.74, 6) is 0.648. The van der Waals surface area contributed by atoms with Gasteiger partial charge in [-0.15, -0.1) is 0 Å². The van der Waals surface area contributed by atoms with Gasteiger partial charge in [0.2, 0.25) is 0 Å². The van der Waals surface area contributed by atoms with Crippen LogP contribution in [0.4, 0.5) is 5.69 Å². The summed E-state index contributed by atoms with van der Waals surface area (Å²) in [6, 6.07) is 8.37. The first-order valence-electron chi connectivity index (χ1n) is 8.63. The second-order valence-electron chi connectivity index (χ2n) is 6.38. The Morgan fingerprint density at radius 1 is 1.04 bits per heavy atom. The molecule has 2 rings (SSSR count). The third-order valence-electron chi connectivity index (χ3n) is 4.17. The van der Waals surface area contributed by atoms with Crippen LogP contribution in [0.25, 0.3) is 0 Å². The molecule has 8 heteroatoms. The SMILES string of the molecule is COc1cc(C(=O)N(C)CCOc2cc(C)cc(C)c2)c([N+](=O)[O-])cc1OC. The number of nitro benzene ring substituents is 1. The Morgan fingerprint density at radius 2 is 1.61 bits per heavy atom. The maximum absolute atomic E-state index is 12.8. The first kappa shape index (κ1) is 21.0. The van der Waals surface area contributed by atoms with Crippen molar-refractivity contribution in [1.82, 2.24) is 4.90 Å². The number of likely N-dealkylation sites (N-methyl/N-ethyl adjacent to an activating group) is 1. The summed E-state index contributed by atoms with van der Waals surface area (Å²) < 4.78 is 16.0. The van der Waals surface area contributed by atoms with Crippen molar-refractivity contribution in [3.05, 3.63) is 57.1 Å². The lowest BCUT2D eigenvalue weighted by Crippen LogP contribution is -2.31. The lowest BCUT2D eigenvalue weighted by atomic mass is 10.1. The van der Waals surface area contributed by atoms with Crippen LogP contribution < -0.4 is 14.2 Å². The number of benzene rings is 2. The zero-order chi connectivity index (χ0) is 20.8. The van der Waals surface area contributed by atoms with E-state index in [-0.39, 0.29) is 35.9 Å². The average molecular weight is 388 g/mol. The van der Waals surface area contributed by atoms with Crippen LogP contribution in [-0.4, -0.2) is 50.1 Å². The van der Waals surface area contributed by atoms with Gasteiger partial charge in [-0.25, -0.2) is 0 Å². The Balaban J connectivity index is 2.14. The van der Waals surface area contributed by atoms with E-state index in [1.807, 2.05) is 32.0 Å². The highest BCUT2D eigenvalue weighted by molar-refractivity contribution is 5.99. The molecule has 0 bridgehead atoms. The Morgan fingerprint density at radius 3 is 2.14 bits per heavy atom. The van der Waals surface area contributed by atoms with Crippen LogP contribution in [0.1, 0.15) is 21.5 Å². The Bertz CT molecular complexity index is 861. The molecule has 1 amide bonds. The largest absolute Gasteiger partial charge is 0.493 e. The molecule has 2 aromatic carbocycles. The van der Waals surface area contributed by atoms with Gasteiger partial charge < -0.3 is 19.1 Å². The molecule has 0 aromatic heterocycles. The minimum absolute atomic E-state index is 0.0726. The van der Waals surface area contributed by atoms with Crippen molar-refractivity contribution in [3.63, 3.8) is 0 Å². The second kappa shape index (κ2) is 9.07. The van der Waals surface area contributed by atoms with Crippen LogP contribution in [0.15, 0.2) is 30.3 Å². The van der Waals surface area contributed by atoms with Gasteiger partial charge in [-0.3, -0.25) is 14.9 Å². The van der Waals surface area contributed by atoms with Gasteiger partial charge in [0.1, 0.15) is 17.9 Å². The molecule has 0 fully saturated rings. The molecule has 0 atom stereocenters. The lowest BCUT2D eigenvalue weighted by molar-refractivity contribution is -0.385. The van der Waals surface area contributed by atoms with Crippen molar-refractivity contribution in [1.29, 1.82) is 0 Å². The molecule has 150 valence electrons. The first-order chi connectivity index (χ1) is 13.3. The number of ether oxygens (including phenoxy) is 3. The van der Waals surface area contributed by atoms with Crippen molar-refractivity contribution in [2.24, 2.45) is 0 Å². The van der Waals surface area contributed by atoms with E-state index in [0.29, 0.717) is 0 Å². The van der Waals surface area contributed by atoms with Crippen molar-refractivity contribution in [2.45, 2.75) is 13.8 Å². The topological polar surface area (TPSA) is 91.1 Å². The van der Waals surface area contributed by atoms with Crippen molar-refractivity contribution < 1.29 is 23.9 Å². The predicted molar refractivity (Wildman–Crippen MR) is 105 cm³/mol. The fourth-order valence-electron chi connectivity index (χ4n) is 2.81. The molecule has 2 aromatic rings. The quantitative estimate of drug-likeness (QED) is 0.509. The maximum atomic E-state index is 12.8. The zero-order valence-corrected chi connectivity index (χ0v) is 16.6. The van der Waals surface area contributed by atoms with Crippen molar-refractivity contribution >= 4 is 11.6 Å². The number of aryl methyl sites for hydroxylation is 2. The maximum Gasteiger partial charge on any atom is 0.286 e. The zero-order valence-electron chi connectivity index (χ0n) is 16.6. The van der Waals surface area contributed by atoms with Gasteiger partial charge in [0.25, 0.3) is 11.6 Å². The van der Waals surface area contributed by atoms with Crippen LogP contribution in [0.2, 0.25) is 0 Å². The van der Waals surface area contributed by atoms with Gasteiger partial charge in [0.05, 0.1) is 31.8 Å². The van der Waals surface area contributed by atoms with Crippen LogP contribution >= 0.6 is 0 Å². The van der Waals surface area contributed by atoms with E-state index in [0.717, 1.165) is 16.9 Å². The van der Waals surface area contributed by atoms with E-state index in [1.165, 1.54) is 31.3 Å². The molecule has 0 heterocycles. The van der Waals surface area contributed by atoms with Crippen LogP contribution in [0.3, 0.4) is 0 Å².